The van der Waals surface area contributed by atoms with Gasteiger partial charge in [0.1, 0.15) is 5.75 Å². The van der Waals surface area contributed by atoms with E-state index in [1.54, 1.807) is 12.1 Å². The van der Waals surface area contributed by atoms with Gasteiger partial charge in [-0.2, -0.15) is 0 Å². The summed E-state index contributed by atoms with van der Waals surface area (Å²) in [7, 11) is 0. The molecule has 30 heavy (non-hydrogen) atoms. The van der Waals surface area contributed by atoms with Crippen LogP contribution in [0.2, 0.25) is 0 Å². The predicted molar refractivity (Wildman–Crippen MR) is 119 cm³/mol. The van der Waals surface area contributed by atoms with Crippen molar-refractivity contribution in [1.29, 1.82) is 0 Å². The van der Waals surface area contributed by atoms with Crippen LogP contribution in [0.5, 0.6) is 11.6 Å². The zero-order valence-electron chi connectivity index (χ0n) is 18.0. The molecule has 1 amide bonds. The first-order valence-electron chi connectivity index (χ1n) is 11.4. The smallest absolute Gasteiger partial charge is 0.250 e. The van der Waals surface area contributed by atoms with Crippen LogP contribution in [0.1, 0.15) is 79.3 Å². The van der Waals surface area contributed by atoms with E-state index in [1.807, 2.05) is 6.07 Å². The van der Waals surface area contributed by atoms with Crippen molar-refractivity contribution >= 4 is 5.91 Å². The normalized spacial score (nSPS) is 19.5. The number of carbonyl (C=O) groups is 1. The van der Waals surface area contributed by atoms with Crippen LogP contribution in [0.15, 0.2) is 36.5 Å². The van der Waals surface area contributed by atoms with E-state index in [1.165, 1.54) is 62.3 Å². The number of carbonyl (C=O) groups excluding carboxylic acids is 1. The highest BCUT2D eigenvalue weighted by atomic mass is 16.5. The van der Waals surface area contributed by atoms with Gasteiger partial charge in [0.15, 0.2) is 0 Å². The highest BCUT2D eigenvalue weighted by Gasteiger charge is 2.27. The summed E-state index contributed by atoms with van der Waals surface area (Å²) in [6.07, 6.45) is 12.0. The van der Waals surface area contributed by atoms with Gasteiger partial charge >= 0.3 is 0 Å². The number of hydrogen-bond acceptors (Lipinski definition) is 4. The molecular formula is C25H33N3O2. The van der Waals surface area contributed by atoms with Crippen LogP contribution in [0.25, 0.3) is 0 Å². The quantitative estimate of drug-likeness (QED) is 0.697. The second-order valence-electron chi connectivity index (χ2n) is 8.68. The Bertz CT molecular complexity index is 859. The molecule has 2 aromatic rings. The standard InChI is InChI=1S/C25H33N3O2/c1-2-28(21-9-4-3-5-10-21)17-20-8-6-7-18-11-13-22(15-23(18)20)30-24-14-12-19(16-27-24)25(26)29/h11-16,20-21H,2-10,17H2,1H3,(H2,26,29). The van der Waals surface area contributed by atoms with E-state index in [0.717, 1.165) is 31.3 Å². The van der Waals surface area contributed by atoms with Crippen molar-refractivity contribution in [1.82, 2.24) is 9.88 Å². The van der Waals surface area contributed by atoms with Gasteiger partial charge in [0.25, 0.3) is 0 Å². The average Bonchev–Trinajstić information content (AvgIpc) is 2.78. The second-order valence-corrected chi connectivity index (χ2v) is 8.68. The van der Waals surface area contributed by atoms with Crippen LogP contribution in [0.3, 0.4) is 0 Å². The van der Waals surface area contributed by atoms with Crippen molar-refractivity contribution in [2.45, 2.75) is 70.3 Å². The lowest BCUT2D eigenvalue weighted by atomic mass is 9.81. The summed E-state index contributed by atoms with van der Waals surface area (Å²) in [6.45, 7) is 4.57. The third-order valence-electron chi connectivity index (χ3n) is 6.75. The van der Waals surface area contributed by atoms with Crippen molar-refractivity contribution in [3.05, 3.63) is 53.2 Å². The van der Waals surface area contributed by atoms with Crippen LogP contribution in [-0.2, 0) is 6.42 Å². The van der Waals surface area contributed by atoms with Crippen molar-refractivity contribution in [2.75, 3.05) is 13.1 Å². The van der Waals surface area contributed by atoms with Gasteiger partial charge in [0, 0.05) is 24.8 Å². The number of hydrogen-bond donors (Lipinski definition) is 1. The molecule has 2 aliphatic carbocycles. The lowest BCUT2D eigenvalue weighted by Gasteiger charge is -2.37. The van der Waals surface area contributed by atoms with Gasteiger partial charge in [-0.05, 0) is 73.9 Å². The molecule has 2 N–H and O–H groups in total. The van der Waals surface area contributed by atoms with Gasteiger partial charge in [-0.1, -0.05) is 32.3 Å². The lowest BCUT2D eigenvalue weighted by Crippen LogP contribution is -2.39. The summed E-state index contributed by atoms with van der Waals surface area (Å²) >= 11 is 0. The monoisotopic (exact) mass is 407 g/mol. The summed E-state index contributed by atoms with van der Waals surface area (Å²) in [5.41, 5.74) is 8.56. The Morgan fingerprint density at radius 3 is 2.67 bits per heavy atom. The van der Waals surface area contributed by atoms with Gasteiger partial charge in [-0.3, -0.25) is 4.79 Å². The highest BCUT2D eigenvalue weighted by Crippen LogP contribution is 2.36. The maximum absolute atomic E-state index is 11.2. The van der Waals surface area contributed by atoms with Gasteiger partial charge in [-0.25, -0.2) is 4.98 Å². The number of fused-ring (bicyclic) bond motifs is 1. The number of pyridine rings is 1. The zero-order valence-corrected chi connectivity index (χ0v) is 18.0. The van der Waals surface area contributed by atoms with Gasteiger partial charge in [0.2, 0.25) is 11.8 Å². The first-order chi connectivity index (χ1) is 14.6. The van der Waals surface area contributed by atoms with Crippen molar-refractivity contribution in [2.24, 2.45) is 5.73 Å². The third-order valence-corrected chi connectivity index (χ3v) is 6.75. The van der Waals surface area contributed by atoms with E-state index in [2.05, 4.69) is 28.9 Å². The van der Waals surface area contributed by atoms with Gasteiger partial charge in [-0.15, -0.1) is 0 Å². The van der Waals surface area contributed by atoms with Crippen molar-refractivity contribution < 1.29 is 9.53 Å². The van der Waals surface area contributed by atoms with Crippen LogP contribution in [-0.4, -0.2) is 34.9 Å². The fourth-order valence-corrected chi connectivity index (χ4v) is 5.10. The summed E-state index contributed by atoms with van der Waals surface area (Å²) in [6, 6.07) is 10.5. The number of rotatable bonds is 7. The Balaban J connectivity index is 1.50. The summed E-state index contributed by atoms with van der Waals surface area (Å²) in [4.78, 5) is 18.2. The van der Waals surface area contributed by atoms with E-state index in [-0.39, 0.29) is 0 Å². The topological polar surface area (TPSA) is 68.5 Å². The van der Waals surface area contributed by atoms with E-state index < -0.39 is 5.91 Å². The number of likely N-dealkylation sites (N-methyl/N-ethyl adjacent to an activating group) is 1. The molecule has 1 aromatic heterocycles. The number of primary amides is 1. The predicted octanol–water partition coefficient (Wildman–Crippen LogP) is 5.05. The summed E-state index contributed by atoms with van der Waals surface area (Å²) < 4.78 is 6.00. The molecule has 5 nitrogen and oxygen atoms in total. The van der Waals surface area contributed by atoms with Gasteiger partial charge in [0.05, 0.1) is 5.56 Å². The van der Waals surface area contributed by atoms with Crippen molar-refractivity contribution in [3.8, 4) is 11.6 Å². The molecule has 1 aromatic carbocycles. The lowest BCUT2D eigenvalue weighted by molar-refractivity contribution is 0.1000. The maximum atomic E-state index is 11.2. The minimum absolute atomic E-state index is 0.384. The molecule has 160 valence electrons. The Morgan fingerprint density at radius 1 is 1.13 bits per heavy atom. The third kappa shape index (κ3) is 4.84. The molecule has 2 aliphatic rings. The zero-order chi connectivity index (χ0) is 20.9. The summed E-state index contributed by atoms with van der Waals surface area (Å²) in [5, 5.41) is 0. The molecule has 4 rings (SSSR count). The van der Waals surface area contributed by atoms with Crippen LogP contribution >= 0.6 is 0 Å². The molecule has 1 atom stereocenters. The van der Waals surface area contributed by atoms with E-state index in [0.29, 0.717) is 17.4 Å². The van der Waals surface area contributed by atoms with E-state index in [4.69, 9.17) is 10.5 Å². The SMILES string of the molecule is CCN(CC1CCCc2ccc(Oc3ccc(C(N)=O)cn3)cc21)C1CCCCC1. The second kappa shape index (κ2) is 9.61. The first-order valence-corrected chi connectivity index (χ1v) is 11.4. The molecule has 0 aliphatic heterocycles. The number of aromatic nitrogens is 1. The molecule has 1 heterocycles. The number of nitrogens with zero attached hydrogens (tertiary/aromatic N) is 2. The number of aryl methyl sites for hydroxylation is 1. The minimum atomic E-state index is -0.482. The fourth-order valence-electron chi connectivity index (χ4n) is 5.10. The molecule has 1 unspecified atom stereocenters. The number of nitrogens with two attached hydrogens (primary N) is 1. The first kappa shape index (κ1) is 20.9. The average molecular weight is 408 g/mol. The fraction of sp³-hybridized carbons (Fsp3) is 0.520. The van der Waals surface area contributed by atoms with Crippen LogP contribution in [0, 0.1) is 0 Å². The Hall–Kier alpha value is -2.40. The molecule has 0 bridgehead atoms. The molecule has 0 saturated heterocycles. The Kier molecular flexibility index (Phi) is 6.68. The molecule has 1 fully saturated rings. The van der Waals surface area contributed by atoms with Gasteiger partial charge < -0.3 is 15.4 Å². The number of benzene rings is 1. The molecule has 0 radical (unpaired) electrons. The Labute approximate surface area is 179 Å². The maximum Gasteiger partial charge on any atom is 0.250 e. The minimum Gasteiger partial charge on any atom is -0.439 e. The van der Waals surface area contributed by atoms with Crippen molar-refractivity contribution in [3.63, 3.8) is 0 Å². The number of ether oxygens (including phenoxy) is 1. The highest BCUT2D eigenvalue weighted by molar-refractivity contribution is 5.92. The Morgan fingerprint density at radius 2 is 1.97 bits per heavy atom. The van der Waals surface area contributed by atoms with E-state index in [9.17, 15) is 4.79 Å². The molecule has 5 heteroatoms. The molecule has 0 spiro atoms. The molecule has 1 saturated carbocycles. The molecular weight excluding hydrogens is 374 g/mol. The van der Waals surface area contributed by atoms with Crippen LogP contribution in [0.4, 0.5) is 0 Å². The van der Waals surface area contributed by atoms with Crippen LogP contribution < -0.4 is 10.5 Å². The van der Waals surface area contributed by atoms with E-state index >= 15 is 0 Å². The number of amides is 1. The summed E-state index contributed by atoms with van der Waals surface area (Å²) in [5.74, 6) is 1.36. The largest absolute Gasteiger partial charge is 0.439 e.